The molecule has 4 heteroatoms. The Hall–Kier alpha value is -1.84. The molecule has 94 valence electrons. The zero-order valence-electron chi connectivity index (χ0n) is 10.0. The molecule has 0 saturated heterocycles. The zero-order valence-corrected chi connectivity index (χ0v) is 10.0. The number of benzene rings is 1. The SMILES string of the molecule is NC(=NC1CC2C=CC1C2)Nc1ccc(F)cc1. The van der Waals surface area contributed by atoms with E-state index in [-0.39, 0.29) is 5.82 Å². The van der Waals surface area contributed by atoms with Crippen LogP contribution in [-0.2, 0) is 0 Å². The second-order valence-corrected chi connectivity index (χ2v) is 4.99. The minimum atomic E-state index is -0.255. The number of nitrogens with one attached hydrogen (secondary N) is 1. The zero-order chi connectivity index (χ0) is 12.5. The van der Waals surface area contributed by atoms with E-state index in [4.69, 9.17) is 5.73 Å². The van der Waals surface area contributed by atoms with Crippen LogP contribution in [0.25, 0.3) is 0 Å². The number of nitrogens with zero attached hydrogens (tertiary/aromatic N) is 1. The minimum absolute atomic E-state index is 0.255. The number of hydrogen-bond acceptors (Lipinski definition) is 1. The van der Waals surface area contributed by atoms with Gasteiger partial charge < -0.3 is 11.1 Å². The number of nitrogens with two attached hydrogens (primary N) is 1. The van der Waals surface area contributed by atoms with Crippen molar-refractivity contribution < 1.29 is 4.39 Å². The van der Waals surface area contributed by atoms with Crippen LogP contribution >= 0.6 is 0 Å². The summed E-state index contributed by atoms with van der Waals surface area (Å²) in [5.74, 6) is 1.38. The van der Waals surface area contributed by atoms with Crippen molar-refractivity contribution in [2.24, 2.45) is 22.6 Å². The Balaban J connectivity index is 1.66. The molecule has 2 aliphatic carbocycles. The van der Waals surface area contributed by atoms with Gasteiger partial charge in [-0.3, -0.25) is 0 Å². The van der Waals surface area contributed by atoms with E-state index in [1.807, 2.05) is 0 Å². The Morgan fingerprint density at radius 3 is 2.61 bits per heavy atom. The fourth-order valence-electron chi connectivity index (χ4n) is 2.79. The first-order chi connectivity index (χ1) is 8.70. The summed E-state index contributed by atoms with van der Waals surface area (Å²) >= 11 is 0. The van der Waals surface area contributed by atoms with Gasteiger partial charge in [0.1, 0.15) is 5.82 Å². The molecule has 3 nitrogen and oxygen atoms in total. The number of halogens is 1. The maximum atomic E-state index is 12.8. The molecule has 0 spiro atoms. The maximum Gasteiger partial charge on any atom is 0.193 e. The fraction of sp³-hybridized carbons (Fsp3) is 0.357. The third kappa shape index (κ3) is 2.23. The van der Waals surface area contributed by atoms with Gasteiger partial charge in [0.05, 0.1) is 6.04 Å². The van der Waals surface area contributed by atoms with E-state index in [1.165, 1.54) is 18.6 Å². The molecule has 2 bridgehead atoms. The lowest BCUT2D eigenvalue weighted by Gasteiger charge is -2.15. The predicted molar refractivity (Wildman–Crippen MR) is 70.8 cm³/mol. The van der Waals surface area contributed by atoms with Gasteiger partial charge in [-0.1, -0.05) is 12.2 Å². The number of guanidine groups is 1. The van der Waals surface area contributed by atoms with Crippen molar-refractivity contribution in [3.63, 3.8) is 0 Å². The second-order valence-electron chi connectivity index (χ2n) is 4.99. The average molecular weight is 245 g/mol. The molecule has 0 heterocycles. The van der Waals surface area contributed by atoms with E-state index in [0.717, 1.165) is 12.1 Å². The van der Waals surface area contributed by atoms with Gasteiger partial charge in [0.25, 0.3) is 0 Å². The smallest absolute Gasteiger partial charge is 0.193 e. The number of allylic oxidation sites excluding steroid dienone is 1. The fourth-order valence-corrected chi connectivity index (χ4v) is 2.79. The first-order valence-electron chi connectivity index (χ1n) is 6.25. The Morgan fingerprint density at radius 1 is 1.22 bits per heavy atom. The van der Waals surface area contributed by atoms with E-state index in [1.54, 1.807) is 12.1 Å². The third-order valence-corrected chi connectivity index (χ3v) is 3.67. The van der Waals surface area contributed by atoms with E-state index >= 15 is 0 Å². The first-order valence-corrected chi connectivity index (χ1v) is 6.25. The highest BCUT2D eigenvalue weighted by molar-refractivity contribution is 5.92. The quantitative estimate of drug-likeness (QED) is 0.478. The molecule has 0 aromatic heterocycles. The summed E-state index contributed by atoms with van der Waals surface area (Å²) in [7, 11) is 0. The van der Waals surface area contributed by atoms with Gasteiger partial charge in [0.15, 0.2) is 5.96 Å². The summed E-state index contributed by atoms with van der Waals surface area (Å²) in [6.45, 7) is 0. The number of fused-ring (bicyclic) bond motifs is 2. The molecule has 1 aromatic carbocycles. The normalized spacial score (nSPS) is 29.8. The average Bonchev–Trinajstić information content (AvgIpc) is 2.94. The Kier molecular flexibility index (Phi) is 2.78. The molecule has 1 saturated carbocycles. The molecule has 3 unspecified atom stereocenters. The molecule has 0 amide bonds. The lowest BCUT2D eigenvalue weighted by molar-refractivity contribution is 0.578. The Labute approximate surface area is 106 Å². The highest BCUT2D eigenvalue weighted by Gasteiger charge is 2.35. The van der Waals surface area contributed by atoms with Crippen LogP contribution in [0.1, 0.15) is 12.8 Å². The van der Waals surface area contributed by atoms with Gasteiger partial charge >= 0.3 is 0 Å². The van der Waals surface area contributed by atoms with Crippen molar-refractivity contribution in [1.82, 2.24) is 0 Å². The molecule has 3 atom stereocenters. The monoisotopic (exact) mass is 245 g/mol. The highest BCUT2D eigenvalue weighted by atomic mass is 19.1. The van der Waals surface area contributed by atoms with Crippen molar-refractivity contribution in [2.75, 3.05) is 5.32 Å². The molecule has 1 fully saturated rings. The van der Waals surface area contributed by atoms with Crippen LogP contribution in [0.15, 0.2) is 41.4 Å². The molecule has 0 radical (unpaired) electrons. The summed E-state index contributed by atoms with van der Waals surface area (Å²) in [6.07, 6.45) is 6.82. The number of aliphatic imine (C=N–C) groups is 1. The van der Waals surface area contributed by atoms with Crippen LogP contribution in [0.4, 0.5) is 10.1 Å². The lowest BCUT2D eigenvalue weighted by Crippen LogP contribution is -2.26. The van der Waals surface area contributed by atoms with Crippen LogP contribution in [0.2, 0.25) is 0 Å². The summed E-state index contributed by atoms with van der Waals surface area (Å²) in [5, 5.41) is 2.99. The van der Waals surface area contributed by atoms with Crippen molar-refractivity contribution in [2.45, 2.75) is 18.9 Å². The van der Waals surface area contributed by atoms with E-state index in [2.05, 4.69) is 22.5 Å². The molecule has 0 aliphatic heterocycles. The summed E-state index contributed by atoms with van der Waals surface area (Å²) in [5.41, 5.74) is 6.64. The summed E-state index contributed by atoms with van der Waals surface area (Å²) in [6, 6.07) is 6.40. The van der Waals surface area contributed by atoms with Crippen molar-refractivity contribution in [3.05, 3.63) is 42.2 Å². The molecule has 2 aliphatic rings. The first kappa shape index (κ1) is 11.3. The topological polar surface area (TPSA) is 50.4 Å². The highest BCUT2D eigenvalue weighted by Crippen LogP contribution is 2.40. The van der Waals surface area contributed by atoms with E-state index in [9.17, 15) is 4.39 Å². The summed E-state index contributed by atoms with van der Waals surface area (Å²) in [4.78, 5) is 4.51. The molecule has 1 aromatic rings. The lowest BCUT2D eigenvalue weighted by atomic mass is 10.0. The van der Waals surface area contributed by atoms with Crippen LogP contribution in [-0.4, -0.2) is 12.0 Å². The number of hydrogen-bond donors (Lipinski definition) is 2. The van der Waals surface area contributed by atoms with Crippen LogP contribution < -0.4 is 11.1 Å². The molecular formula is C14H16FN3. The van der Waals surface area contributed by atoms with Crippen molar-refractivity contribution in [3.8, 4) is 0 Å². The molecule has 3 N–H and O–H groups in total. The van der Waals surface area contributed by atoms with Gasteiger partial charge in [0, 0.05) is 5.69 Å². The standard InChI is InChI=1S/C14H16FN3/c15-11-3-5-12(6-4-11)17-14(16)18-13-8-9-1-2-10(13)7-9/h1-6,9-10,13H,7-8H2,(H3,16,17,18). The van der Waals surface area contributed by atoms with Crippen LogP contribution in [0.3, 0.4) is 0 Å². The van der Waals surface area contributed by atoms with Gasteiger partial charge in [-0.25, -0.2) is 9.38 Å². The van der Waals surface area contributed by atoms with Crippen molar-refractivity contribution >= 4 is 11.6 Å². The second kappa shape index (κ2) is 4.44. The summed E-state index contributed by atoms with van der Waals surface area (Å²) < 4.78 is 12.8. The van der Waals surface area contributed by atoms with Crippen LogP contribution in [0, 0.1) is 17.7 Å². The number of rotatable bonds is 2. The minimum Gasteiger partial charge on any atom is -0.370 e. The van der Waals surface area contributed by atoms with Crippen molar-refractivity contribution in [1.29, 1.82) is 0 Å². The molecule has 3 rings (SSSR count). The third-order valence-electron chi connectivity index (χ3n) is 3.67. The predicted octanol–water partition coefficient (Wildman–Crippen LogP) is 2.52. The van der Waals surface area contributed by atoms with Gasteiger partial charge in [-0.15, -0.1) is 0 Å². The van der Waals surface area contributed by atoms with E-state index in [0.29, 0.717) is 23.8 Å². The Bertz CT molecular complexity index is 492. The van der Waals surface area contributed by atoms with Gasteiger partial charge in [-0.05, 0) is 48.9 Å². The Morgan fingerprint density at radius 2 is 2.00 bits per heavy atom. The van der Waals surface area contributed by atoms with Crippen LogP contribution in [0.5, 0.6) is 0 Å². The maximum absolute atomic E-state index is 12.8. The number of anilines is 1. The van der Waals surface area contributed by atoms with Gasteiger partial charge in [0.2, 0.25) is 0 Å². The molecule has 18 heavy (non-hydrogen) atoms. The van der Waals surface area contributed by atoms with E-state index < -0.39 is 0 Å². The molecular weight excluding hydrogens is 229 g/mol. The van der Waals surface area contributed by atoms with Gasteiger partial charge in [-0.2, -0.15) is 0 Å². The largest absolute Gasteiger partial charge is 0.370 e.